The number of benzene rings is 2. The van der Waals surface area contributed by atoms with Crippen LogP contribution in [0.25, 0.3) is 0 Å². The Labute approximate surface area is 161 Å². The summed E-state index contributed by atoms with van der Waals surface area (Å²) in [5.41, 5.74) is 2.10. The van der Waals surface area contributed by atoms with Crippen LogP contribution in [0.2, 0.25) is 0 Å². The van der Waals surface area contributed by atoms with Crippen LogP contribution in [0.4, 0.5) is 0 Å². The Morgan fingerprint density at radius 1 is 1.11 bits per heavy atom. The highest BCUT2D eigenvalue weighted by molar-refractivity contribution is 5.87. The number of aryl methyl sites for hydroxylation is 1. The molecule has 2 aromatic rings. The molecule has 0 saturated carbocycles. The van der Waals surface area contributed by atoms with Gasteiger partial charge in [0.15, 0.2) is 6.61 Å². The van der Waals surface area contributed by atoms with Crippen LogP contribution in [-0.2, 0) is 16.1 Å². The monoisotopic (exact) mass is 368 g/mol. The first-order chi connectivity index (χ1) is 13.0. The molecule has 0 aliphatic heterocycles. The summed E-state index contributed by atoms with van der Waals surface area (Å²) in [4.78, 5) is 26.9. The summed E-state index contributed by atoms with van der Waals surface area (Å²) in [6.45, 7) is 6.60. The van der Waals surface area contributed by atoms with Gasteiger partial charge in [0, 0.05) is 13.1 Å². The average molecular weight is 368 g/mol. The molecule has 0 heterocycles. The number of amides is 2. The van der Waals surface area contributed by atoms with Crippen molar-refractivity contribution in [1.29, 1.82) is 0 Å². The van der Waals surface area contributed by atoms with Crippen LogP contribution in [-0.4, -0.2) is 35.9 Å². The number of carbonyl (C=O) groups excluding carboxylic acids is 2. The van der Waals surface area contributed by atoms with E-state index in [2.05, 4.69) is 5.32 Å². The number of nitrogens with one attached hydrogen (secondary N) is 1. The number of carbonyl (C=O) groups is 2. The van der Waals surface area contributed by atoms with E-state index in [4.69, 9.17) is 4.74 Å². The summed E-state index contributed by atoms with van der Waals surface area (Å²) in [6.07, 6.45) is 0.849. The van der Waals surface area contributed by atoms with Crippen molar-refractivity contribution in [2.24, 2.45) is 0 Å². The second kappa shape index (κ2) is 10.4. The minimum atomic E-state index is -0.580. The first-order valence-electron chi connectivity index (χ1n) is 9.31. The lowest BCUT2D eigenvalue weighted by molar-refractivity contribution is -0.142. The maximum Gasteiger partial charge on any atom is 0.261 e. The van der Waals surface area contributed by atoms with Crippen molar-refractivity contribution in [3.05, 3.63) is 65.7 Å². The summed E-state index contributed by atoms with van der Waals surface area (Å²) in [7, 11) is 0. The van der Waals surface area contributed by atoms with Gasteiger partial charge in [-0.1, -0.05) is 55.0 Å². The van der Waals surface area contributed by atoms with Gasteiger partial charge in [0.1, 0.15) is 11.8 Å². The van der Waals surface area contributed by atoms with Gasteiger partial charge in [-0.25, -0.2) is 0 Å². The number of nitrogens with zero attached hydrogens (tertiary/aromatic N) is 1. The summed E-state index contributed by atoms with van der Waals surface area (Å²) in [6, 6.07) is 16.6. The number of hydrogen-bond donors (Lipinski definition) is 1. The van der Waals surface area contributed by atoms with Crippen LogP contribution in [0.3, 0.4) is 0 Å². The van der Waals surface area contributed by atoms with Crippen molar-refractivity contribution in [2.75, 3.05) is 13.2 Å². The van der Waals surface area contributed by atoms with Gasteiger partial charge in [-0.2, -0.15) is 0 Å². The van der Waals surface area contributed by atoms with Gasteiger partial charge < -0.3 is 15.0 Å². The largest absolute Gasteiger partial charge is 0.484 e. The van der Waals surface area contributed by atoms with E-state index in [0.717, 1.165) is 17.5 Å². The molecule has 0 bridgehead atoms. The first kappa shape index (κ1) is 20.5. The van der Waals surface area contributed by atoms with Crippen molar-refractivity contribution in [2.45, 2.75) is 39.8 Å². The van der Waals surface area contributed by atoms with E-state index in [1.807, 2.05) is 56.3 Å². The summed E-state index contributed by atoms with van der Waals surface area (Å²) >= 11 is 0. The van der Waals surface area contributed by atoms with Gasteiger partial charge in [0.05, 0.1) is 0 Å². The zero-order chi connectivity index (χ0) is 19.6. The van der Waals surface area contributed by atoms with Crippen molar-refractivity contribution < 1.29 is 14.3 Å². The smallest absolute Gasteiger partial charge is 0.261 e. The number of ether oxygens (including phenoxy) is 1. The minimum Gasteiger partial charge on any atom is -0.484 e. The minimum absolute atomic E-state index is 0.110. The Hall–Kier alpha value is -2.82. The Kier molecular flexibility index (Phi) is 7.86. The molecule has 27 heavy (non-hydrogen) atoms. The van der Waals surface area contributed by atoms with Crippen LogP contribution >= 0.6 is 0 Å². The highest BCUT2D eigenvalue weighted by Gasteiger charge is 2.26. The zero-order valence-electron chi connectivity index (χ0n) is 16.3. The van der Waals surface area contributed by atoms with Crippen LogP contribution in [0, 0.1) is 6.92 Å². The molecule has 1 unspecified atom stereocenters. The van der Waals surface area contributed by atoms with Crippen LogP contribution in [0.15, 0.2) is 54.6 Å². The van der Waals surface area contributed by atoms with Gasteiger partial charge in [-0.15, -0.1) is 0 Å². The van der Waals surface area contributed by atoms with E-state index in [1.165, 1.54) is 0 Å². The zero-order valence-corrected chi connectivity index (χ0v) is 16.3. The molecule has 1 N–H and O–H groups in total. The van der Waals surface area contributed by atoms with Crippen molar-refractivity contribution >= 4 is 11.8 Å². The summed E-state index contributed by atoms with van der Waals surface area (Å²) in [5, 5.41) is 2.86. The molecular formula is C22H28N2O3. The third-order valence-electron chi connectivity index (χ3n) is 4.26. The van der Waals surface area contributed by atoms with Crippen molar-refractivity contribution in [3.8, 4) is 5.75 Å². The summed E-state index contributed by atoms with van der Waals surface area (Å²) < 4.78 is 5.60. The van der Waals surface area contributed by atoms with E-state index < -0.39 is 6.04 Å². The maximum atomic E-state index is 12.8. The molecule has 2 amide bonds. The lowest BCUT2D eigenvalue weighted by atomic mass is 10.1. The highest BCUT2D eigenvalue weighted by atomic mass is 16.5. The van der Waals surface area contributed by atoms with E-state index >= 15 is 0 Å². The van der Waals surface area contributed by atoms with Crippen LogP contribution in [0.5, 0.6) is 5.75 Å². The van der Waals surface area contributed by atoms with E-state index in [-0.39, 0.29) is 18.4 Å². The second-order valence-corrected chi connectivity index (χ2v) is 6.58. The Morgan fingerprint density at radius 2 is 1.85 bits per heavy atom. The lowest BCUT2D eigenvalue weighted by Crippen LogP contribution is -2.49. The van der Waals surface area contributed by atoms with Crippen molar-refractivity contribution in [3.63, 3.8) is 0 Å². The number of hydrogen-bond acceptors (Lipinski definition) is 3. The fourth-order valence-electron chi connectivity index (χ4n) is 2.73. The first-order valence-corrected chi connectivity index (χ1v) is 9.31. The molecule has 0 aromatic heterocycles. The van der Waals surface area contributed by atoms with Gasteiger partial charge in [-0.05, 0) is 38.0 Å². The van der Waals surface area contributed by atoms with Gasteiger partial charge in [-0.3, -0.25) is 9.59 Å². The molecule has 144 valence electrons. The maximum absolute atomic E-state index is 12.8. The van der Waals surface area contributed by atoms with Gasteiger partial charge in [0.25, 0.3) is 5.91 Å². The Balaban J connectivity index is 2.11. The average Bonchev–Trinajstić information content (AvgIpc) is 2.68. The molecule has 0 aliphatic carbocycles. The van der Waals surface area contributed by atoms with E-state index in [9.17, 15) is 9.59 Å². The topological polar surface area (TPSA) is 58.6 Å². The predicted octanol–water partition coefficient (Wildman–Crippen LogP) is 3.32. The van der Waals surface area contributed by atoms with Crippen molar-refractivity contribution in [1.82, 2.24) is 10.2 Å². The molecule has 2 rings (SSSR count). The third kappa shape index (κ3) is 6.44. The predicted molar refractivity (Wildman–Crippen MR) is 106 cm³/mol. The lowest BCUT2D eigenvalue weighted by Gasteiger charge is -2.28. The molecule has 0 radical (unpaired) electrons. The third-order valence-corrected chi connectivity index (χ3v) is 4.26. The van der Waals surface area contributed by atoms with Gasteiger partial charge in [0.2, 0.25) is 5.91 Å². The molecule has 2 aromatic carbocycles. The molecule has 5 nitrogen and oxygen atoms in total. The van der Waals surface area contributed by atoms with E-state index in [0.29, 0.717) is 18.8 Å². The second-order valence-electron chi connectivity index (χ2n) is 6.58. The normalized spacial score (nSPS) is 11.5. The quantitative estimate of drug-likeness (QED) is 0.739. The number of rotatable bonds is 9. The molecule has 0 fully saturated rings. The van der Waals surface area contributed by atoms with Gasteiger partial charge >= 0.3 is 0 Å². The Bertz CT molecular complexity index is 746. The fourth-order valence-corrected chi connectivity index (χ4v) is 2.73. The highest BCUT2D eigenvalue weighted by Crippen LogP contribution is 2.13. The SMILES string of the molecule is CCCNC(=O)C(C)N(Cc1cccc(C)c1)C(=O)COc1ccccc1. The summed E-state index contributed by atoms with van der Waals surface area (Å²) in [5.74, 6) is 0.251. The molecule has 1 atom stereocenters. The molecule has 0 spiro atoms. The fraction of sp³-hybridized carbons (Fsp3) is 0.364. The molecule has 0 aliphatic rings. The number of para-hydroxylation sites is 1. The standard InChI is InChI=1S/C22H28N2O3/c1-4-13-23-22(26)18(3)24(15-19-10-8-9-17(2)14-19)21(25)16-27-20-11-6-5-7-12-20/h5-12,14,18H,4,13,15-16H2,1-3H3,(H,23,26). The van der Waals surface area contributed by atoms with Crippen LogP contribution in [0.1, 0.15) is 31.4 Å². The molecular weight excluding hydrogens is 340 g/mol. The molecule has 0 saturated heterocycles. The van der Waals surface area contributed by atoms with Crippen LogP contribution < -0.4 is 10.1 Å². The van der Waals surface area contributed by atoms with E-state index in [1.54, 1.807) is 24.0 Å². The Morgan fingerprint density at radius 3 is 2.52 bits per heavy atom. The molecule has 5 heteroatoms.